The van der Waals surface area contributed by atoms with E-state index in [1.807, 2.05) is 0 Å². The van der Waals surface area contributed by atoms with Crippen LogP contribution in [0.15, 0.2) is 0 Å². The average molecular weight is 191 g/mol. The quantitative estimate of drug-likeness (QED) is 0.235. The van der Waals surface area contributed by atoms with Crippen LogP contribution in [0.4, 0.5) is 0 Å². The van der Waals surface area contributed by atoms with E-state index in [-0.39, 0.29) is 158 Å². The molecule has 8 heavy (non-hydrogen) atoms. The van der Waals surface area contributed by atoms with Crippen LogP contribution in [0.5, 0.6) is 0 Å². The summed E-state index contributed by atoms with van der Waals surface area (Å²) in [6.45, 7) is 0. The van der Waals surface area contributed by atoms with Gasteiger partial charge in [0.1, 0.15) is 0 Å². The number of aliphatic carboxylic acids is 1. The minimum absolute atomic E-state index is 0. The van der Waals surface area contributed by atoms with Crippen molar-refractivity contribution in [2.45, 2.75) is 0 Å². The Kier molecular flexibility index (Phi) is 48.4. The van der Waals surface area contributed by atoms with Gasteiger partial charge in [0.05, 0.1) is 0 Å². The van der Waals surface area contributed by atoms with Gasteiger partial charge in [-0.25, -0.2) is 4.79 Å². The second-order valence-electron chi connectivity index (χ2n) is 0.417. The normalized spacial score (nSPS) is 3.38. The third kappa shape index (κ3) is 22.5. The number of hydrogen-bond donors (Lipinski definition) is 1. The van der Waals surface area contributed by atoms with Gasteiger partial charge in [-0.2, -0.15) is 5.26 Å². The first-order valence-electron chi connectivity index (χ1n) is 0.901. The molecule has 0 spiro atoms. The Morgan fingerprint density at radius 1 is 1.50 bits per heavy atom. The van der Waals surface area contributed by atoms with Gasteiger partial charge >= 0.3 is 160 Å². The van der Waals surface area contributed by atoms with Crippen LogP contribution >= 0.6 is 0 Å². The Labute approximate surface area is 180 Å². The summed E-state index contributed by atoms with van der Waals surface area (Å²) in [7, 11) is 0. The molecule has 0 unspecified atom stereocenters. The van der Waals surface area contributed by atoms with E-state index in [0.29, 0.717) is 0 Å². The van der Waals surface area contributed by atoms with Gasteiger partial charge in [-0.05, 0) is 0 Å². The fourth-order valence-corrected chi connectivity index (χ4v) is 0. The number of carboxylic acids is 1. The number of carbonyl (C=O) groups is 1. The summed E-state index contributed by atoms with van der Waals surface area (Å²) in [5.41, 5.74) is 0. The fourth-order valence-electron chi connectivity index (χ4n) is 0. The SMILES string of the molecule is N#CC(=O)O.[H-].[H-].[H-].[K+].[K+].[K+]. The summed E-state index contributed by atoms with van der Waals surface area (Å²) >= 11 is 0. The molecule has 1 N–H and O–H groups in total. The summed E-state index contributed by atoms with van der Waals surface area (Å²) in [6.07, 6.45) is 0. The van der Waals surface area contributed by atoms with Gasteiger partial charge in [0.15, 0.2) is 6.07 Å². The zero-order chi connectivity index (χ0) is 4.28. The minimum Gasteiger partial charge on any atom is -1.00 e. The van der Waals surface area contributed by atoms with Gasteiger partial charge in [-0.3, -0.25) is 0 Å². The molecule has 0 aromatic carbocycles. The van der Waals surface area contributed by atoms with Crippen molar-refractivity contribution in [1.82, 2.24) is 0 Å². The van der Waals surface area contributed by atoms with Gasteiger partial charge in [-0.1, -0.05) is 0 Å². The van der Waals surface area contributed by atoms with Crippen molar-refractivity contribution in [3.05, 3.63) is 0 Å². The standard InChI is InChI=1S/C2HNO2.3K.3H/c3-1-2(4)5;;;;;;/h(H,4,5);;;;;;/q;3*+1;3*-1. The maximum Gasteiger partial charge on any atom is 1.00 e. The smallest absolute Gasteiger partial charge is 1.00 e. The van der Waals surface area contributed by atoms with Crippen LogP contribution in [0, 0.1) is 11.3 Å². The predicted molar refractivity (Wildman–Crippen MR) is 16.6 cm³/mol. The second kappa shape index (κ2) is 17.1. The van der Waals surface area contributed by atoms with Crippen molar-refractivity contribution < 1.29 is 168 Å². The van der Waals surface area contributed by atoms with Crippen LogP contribution < -0.4 is 154 Å². The molecule has 0 bridgehead atoms. The van der Waals surface area contributed by atoms with Crippen molar-refractivity contribution in [2.75, 3.05) is 0 Å². The van der Waals surface area contributed by atoms with Gasteiger partial charge in [0.2, 0.25) is 0 Å². The fraction of sp³-hybridized carbons (Fsp3) is 0. The number of rotatable bonds is 0. The Balaban J connectivity index is -0.00000000533. The molecular weight excluding hydrogens is 187 g/mol. The molecule has 3 nitrogen and oxygen atoms in total. The van der Waals surface area contributed by atoms with Crippen LogP contribution in [0.2, 0.25) is 0 Å². The minimum atomic E-state index is -1.44. The van der Waals surface area contributed by atoms with Crippen LogP contribution in [0.3, 0.4) is 0 Å². The van der Waals surface area contributed by atoms with Crippen molar-refractivity contribution in [3.63, 3.8) is 0 Å². The van der Waals surface area contributed by atoms with Gasteiger partial charge in [-0.15, -0.1) is 0 Å². The van der Waals surface area contributed by atoms with Crippen molar-refractivity contribution in [3.8, 4) is 6.07 Å². The van der Waals surface area contributed by atoms with E-state index in [2.05, 4.69) is 0 Å². The van der Waals surface area contributed by atoms with Gasteiger partial charge in [0.25, 0.3) is 0 Å². The average Bonchev–Trinajstić information content (AvgIpc) is 1.38. The van der Waals surface area contributed by atoms with Crippen LogP contribution in [0.25, 0.3) is 0 Å². The van der Waals surface area contributed by atoms with E-state index in [9.17, 15) is 0 Å². The van der Waals surface area contributed by atoms with E-state index >= 15 is 0 Å². The van der Waals surface area contributed by atoms with E-state index in [1.54, 1.807) is 0 Å². The summed E-state index contributed by atoms with van der Waals surface area (Å²) in [5, 5.41) is 14.7. The molecule has 0 aromatic rings. The number of nitriles is 1. The van der Waals surface area contributed by atoms with Crippen molar-refractivity contribution >= 4 is 5.97 Å². The Morgan fingerprint density at radius 2 is 1.62 bits per heavy atom. The van der Waals surface area contributed by atoms with Crippen LogP contribution in [-0.4, -0.2) is 11.1 Å². The molecule has 0 rings (SSSR count). The molecule has 0 aliphatic carbocycles. The molecule has 0 aliphatic rings. The van der Waals surface area contributed by atoms with Gasteiger partial charge in [0, 0.05) is 0 Å². The largest absolute Gasteiger partial charge is 1.00 e. The first-order valence-corrected chi connectivity index (χ1v) is 0.901. The molecule has 0 aromatic heterocycles. The maximum atomic E-state index is 9.01. The van der Waals surface area contributed by atoms with E-state index in [0.717, 1.165) is 6.07 Å². The van der Waals surface area contributed by atoms with E-state index in [4.69, 9.17) is 15.2 Å². The molecule has 0 heterocycles. The molecule has 0 radical (unpaired) electrons. The van der Waals surface area contributed by atoms with E-state index in [1.165, 1.54) is 0 Å². The molecule has 0 atom stereocenters. The summed E-state index contributed by atoms with van der Waals surface area (Å²) in [5.74, 6) is -1.44. The molecule has 0 saturated heterocycles. The van der Waals surface area contributed by atoms with Crippen LogP contribution in [0.1, 0.15) is 4.28 Å². The first-order chi connectivity index (χ1) is 2.27. The maximum absolute atomic E-state index is 9.01. The van der Waals surface area contributed by atoms with Crippen molar-refractivity contribution in [1.29, 1.82) is 5.26 Å². The predicted octanol–water partition coefficient (Wildman–Crippen LogP) is -9.06. The molecule has 0 saturated carbocycles. The molecular formula is C2H4K3NO2. The Morgan fingerprint density at radius 3 is 1.62 bits per heavy atom. The first kappa shape index (κ1) is 22.6. The third-order valence-corrected chi connectivity index (χ3v) is 0.0956. The number of carboxylic acid groups (broad SMARTS) is 1. The number of nitrogens with zero attached hydrogens (tertiary/aromatic N) is 1. The summed E-state index contributed by atoms with van der Waals surface area (Å²) in [6, 6.07) is 0.944. The Bertz CT molecular complexity index is 97.1. The molecule has 6 heteroatoms. The second-order valence-corrected chi connectivity index (χ2v) is 0.417. The van der Waals surface area contributed by atoms with Crippen molar-refractivity contribution in [2.24, 2.45) is 0 Å². The third-order valence-electron chi connectivity index (χ3n) is 0.0956. The monoisotopic (exact) mass is 191 g/mol. The number of hydrogen-bond acceptors (Lipinski definition) is 2. The molecule has 0 amide bonds. The zero-order valence-corrected chi connectivity index (χ0v) is 14.7. The van der Waals surface area contributed by atoms with Gasteiger partial charge < -0.3 is 9.39 Å². The van der Waals surface area contributed by atoms with E-state index < -0.39 is 5.97 Å². The Hall–Kier alpha value is 3.87. The molecule has 0 aliphatic heterocycles. The molecule has 0 fully saturated rings. The zero-order valence-electron chi connectivity index (χ0n) is 8.30. The summed E-state index contributed by atoms with van der Waals surface area (Å²) < 4.78 is 0. The van der Waals surface area contributed by atoms with Crippen LogP contribution in [-0.2, 0) is 4.79 Å². The summed E-state index contributed by atoms with van der Waals surface area (Å²) in [4.78, 5) is 9.01. The molecule has 32 valence electrons. The topological polar surface area (TPSA) is 61.1 Å².